The second kappa shape index (κ2) is 7.23. The minimum Gasteiger partial charge on any atom is -0.388 e. The molecule has 1 heterocycles. The Hall–Kier alpha value is -0.130. The number of hydrogen-bond acceptors (Lipinski definition) is 3. The van der Waals surface area contributed by atoms with Crippen molar-refractivity contribution in [1.29, 1.82) is 0 Å². The van der Waals surface area contributed by atoms with Gasteiger partial charge in [-0.05, 0) is 38.0 Å². The van der Waals surface area contributed by atoms with Gasteiger partial charge in [-0.25, -0.2) is 0 Å². The topological polar surface area (TPSA) is 32.7 Å². The van der Waals surface area contributed by atoms with Crippen LogP contribution in [0.2, 0.25) is 5.02 Å². The molecule has 3 unspecified atom stereocenters. The number of nitrogens with zero attached hydrogens (tertiary/aromatic N) is 1. The number of ether oxygens (including phenoxy) is 1. The number of rotatable bonds is 4. The molecule has 0 aromatic heterocycles. The zero-order chi connectivity index (χ0) is 14.7. The molecule has 1 aliphatic heterocycles. The highest BCUT2D eigenvalue weighted by atomic mass is 79.9. The molecular formula is C15H21BrClNO2. The molecule has 0 bridgehead atoms. The average molecular weight is 363 g/mol. The Labute approximate surface area is 134 Å². The Bertz CT molecular complexity index is 457. The van der Waals surface area contributed by atoms with Crippen LogP contribution in [-0.4, -0.2) is 41.8 Å². The Kier molecular flexibility index (Phi) is 5.87. The third kappa shape index (κ3) is 4.18. The summed E-state index contributed by atoms with van der Waals surface area (Å²) in [7, 11) is 0. The van der Waals surface area contributed by atoms with Crippen molar-refractivity contribution in [3.63, 3.8) is 0 Å². The average Bonchev–Trinajstić information content (AvgIpc) is 2.39. The SMILES string of the molecule is CC1CN(CCC(O)c2ccc(Br)cc2Cl)C(C)CO1. The molecule has 20 heavy (non-hydrogen) atoms. The summed E-state index contributed by atoms with van der Waals surface area (Å²) in [6.07, 6.45) is 0.416. The first-order valence-corrected chi connectivity index (χ1v) is 8.13. The van der Waals surface area contributed by atoms with E-state index in [0.717, 1.165) is 29.7 Å². The van der Waals surface area contributed by atoms with Gasteiger partial charge in [0.25, 0.3) is 0 Å². The molecule has 1 aromatic rings. The number of hydrogen-bond donors (Lipinski definition) is 1. The molecule has 0 aliphatic carbocycles. The Morgan fingerprint density at radius 3 is 2.95 bits per heavy atom. The molecule has 112 valence electrons. The molecular weight excluding hydrogens is 342 g/mol. The number of aliphatic hydroxyl groups is 1. The van der Waals surface area contributed by atoms with Gasteiger partial charge in [0, 0.05) is 28.6 Å². The monoisotopic (exact) mass is 361 g/mol. The van der Waals surface area contributed by atoms with Crippen molar-refractivity contribution in [2.24, 2.45) is 0 Å². The Balaban J connectivity index is 1.92. The Morgan fingerprint density at radius 1 is 1.50 bits per heavy atom. The van der Waals surface area contributed by atoms with Crippen LogP contribution in [0, 0.1) is 0 Å². The van der Waals surface area contributed by atoms with Crippen molar-refractivity contribution in [2.45, 2.75) is 38.5 Å². The van der Waals surface area contributed by atoms with Gasteiger partial charge < -0.3 is 9.84 Å². The smallest absolute Gasteiger partial charge is 0.0816 e. The van der Waals surface area contributed by atoms with Crippen LogP contribution >= 0.6 is 27.5 Å². The number of aliphatic hydroxyl groups excluding tert-OH is 1. The highest BCUT2D eigenvalue weighted by molar-refractivity contribution is 9.10. The third-order valence-electron chi connectivity index (χ3n) is 3.75. The van der Waals surface area contributed by atoms with Gasteiger partial charge in [0.2, 0.25) is 0 Å². The summed E-state index contributed by atoms with van der Waals surface area (Å²) in [4.78, 5) is 2.37. The minimum absolute atomic E-state index is 0.264. The molecule has 5 heteroatoms. The fourth-order valence-corrected chi connectivity index (χ4v) is 3.30. The van der Waals surface area contributed by atoms with E-state index < -0.39 is 6.10 Å². The first-order valence-electron chi connectivity index (χ1n) is 6.96. The normalized spacial score (nSPS) is 25.6. The minimum atomic E-state index is -0.527. The molecule has 1 aliphatic rings. The first-order chi connectivity index (χ1) is 9.47. The molecule has 1 saturated heterocycles. The van der Waals surface area contributed by atoms with Gasteiger partial charge in [0.05, 0.1) is 18.8 Å². The van der Waals surface area contributed by atoms with Crippen molar-refractivity contribution >= 4 is 27.5 Å². The molecule has 0 spiro atoms. The van der Waals surface area contributed by atoms with Crippen LogP contribution in [0.25, 0.3) is 0 Å². The highest BCUT2D eigenvalue weighted by Gasteiger charge is 2.24. The van der Waals surface area contributed by atoms with E-state index in [1.165, 1.54) is 0 Å². The number of morpholine rings is 1. The van der Waals surface area contributed by atoms with Crippen LogP contribution in [-0.2, 0) is 4.74 Å². The standard InChI is InChI=1S/C15H21BrClNO2/c1-10-9-20-11(2)8-18(10)6-5-15(19)13-4-3-12(16)7-14(13)17/h3-4,7,10-11,15,19H,5-6,8-9H2,1-2H3. The van der Waals surface area contributed by atoms with Crippen molar-refractivity contribution in [1.82, 2.24) is 4.90 Å². The van der Waals surface area contributed by atoms with Gasteiger partial charge in [-0.2, -0.15) is 0 Å². The highest BCUT2D eigenvalue weighted by Crippen LogP contribution is 2.28. The molecule has 1 fully saturated rings. The fourth-order valence-electron chi connectivity index (χ4n) is 2.50. The summed E-state index contributed by atoms with van der Waals surface area (Å²) < 4.78 is 6.54. The number of halogens is 2. The molecule has 1 aromatic carbocycles. The lowest BCUT2D eigenvalue weighted by atomic mass is 10.1. The van der Waals surface area contributed by atoms with Gasteiger partial charge in [-0.3, -0.25) is 4.90 Å². The molecule has 0 amide bonds. The Morgan fingerprint density at radius 2 is 2.25 bits per heavy atom. The van der Waals surface area contributed by atoms with Crippen LogP contribution < -0.4 is 0 Å². The second-order valence-electron chi connectivity index (χ2n) is 5.46. The van der Waals surface area contributed by atoms with E-state index in [1.807, 2.05) is 18.2 Å². The predicted octanol–water partition coefficient (Wildman–Crippen LogP) is 3.64. The lowest BCUT2D eigenvalue weighted by Gasteiger charge is -2.37. The molecule has 2 rings (SSSR count). The van der Waals surface area contributed by atoms with Crippen LogP contribution in [0.4, 0.5) is 0 Å². The van der Waals surface area contributed by atoms with E-state index in [0.29, 0.717) is 17.5 Å². The van der Waals surface area contributed by atoms with Crippen LogP contribution in [0.15, 0.2) is 22.7 Å². The van der Waals surface area contributed by atoms with E-state index in [4.69, 9.17) is 16.3 Å². The van der Waals surface area contributed by atoms with Gasteiger partial charge >= 0.3 is 0 Å². The van der Waals surface area contributed by atoms with Crippen LogP contribution in [0.3, 0.4) is 0 Å². The summed E-state index contributed by atoms with van der Waals surface area (Å²) in [6, 6.07) is 6.00. The van der Waals surface area contributed by atoms with Gasteiger partial charge in [0.1, 0.15) is 0 Å². The lowest BCUT2D eigenvalue weighted by Crippen LogP contribution is -2.47. The summed E-state index contributed by atoms with van der Waals surface area (Å²) in [6.45, 7) is 6.77. The number of benzene rings is 1. The van der Waals surface area contributed by atoms with E-state index in [9.17, 15) is 5.11 Å². The summed E-state index contributed by atoms with van der Waals surface area (Å²) in [5.41, 5.74) is 0.795. The second-order valence-corrected chi connectivity index (χ2v) is 6.78. The molecule has 3 atom stereocenters. The van der Waals surface area contributed by atoms with Crippen molar-refractivity contribution in [3.8, 4) is 0 Å². The molecule has 3 nitrogen and oxygen atoms in total. The van der Waals surface area contributed by atoms with Crippen molar-refractivity contribution in [2.75, 3.05) is 19.7 Å². The van der Waals surface area contributed by atoms with E-state index in [2.05, 4.69) is 34.7 Å². The van der Waals surface area contributed by atoms with Gasteiger partial charge in [-0.15, -0.1) is 0 Å². The summed E-state index contributed by atoms with van der Waals surface area (Å²) in [5, 5.41) is 10.9. The maximum atomic E-state index is 10.3. The summed E-state index contributed by atoms with van der Waals surface area (Å²) >= 11 is 9.55. The van der Waals surface area contributed by atoms with E-state index in [-0.39, 0.29) is 6.10 Å². The van der Waals surface area contributed by atoms with Crippen molar-refractivity contribution < 1.29 is 9.84 Å². The predicted molar refractivity (Wildman–Crippen MR) is 85.2 cm³/mol. The van der Waals surface area contributed by atoms with Gasteiger partial charge in [0.15, 0.2) is 0 Å². The maximum absolute atomic E-state index is 10.3. The first kappa shape index (κ1) is 16.2. The fraction of sp³-hybridized carbons (Fsp3) is 0.600. The molecule has 0 saturated carbocycles. The zero-order valence-corrected chi connectivity index (χ0v) is 14.2. The van der Waals surface area contributed by atoms with Crippen LogP contribution in [0.5, 0.6) is 0 Å². The van der Waals surface area contributed by atoms with Crippen LogP contribution in [0.1, 0.15) is 31.9 Å². The third-order valence-corrected chi connectivity index (χ3v) is 4.57. The quantitative estimate of drug-likeness (QED) is 0.887. The maximum Gasteiger partial charge on any atom is 0.0816 e. The van der Waals surface area contributed by atoms with E-state index >= 15 is 0 Å². The summed E-state index contributed by atoms with van der Waals surface area (Å²) in [5.74, 6) is 0. The lowest BCUT2D eigenvalue weighted by molar-refractivity contribution is -0.0527. The molecule has 0 radical (unpaired) electrons. The molecule has 1 N–H and O–H groups in total. The van der Waals surface area contributed by atoms with Crippen molar-refractivity contribution in [3.05, 3.63) is 33.3 Å². The van der Waals surface area contributed by atoms with Gasteiger partial charge in [-0.1, -0.05) is 33.6 Å². The largest absolute Gasteiger partial charge is 0.388 e. The zero-order valence-electron chi connectivity index (χ0n) is 11.9. The van der Waals surface area contributed by atoms with E-state index in [1.54, 1.807) is 0 Å².